The monoisotopic (exact) mass is 239 g/mol. The summed E-state index contributed by atoms with van der Waals surface area (Å²) in [5, 5.41) is 8.71. The molecule has 2 aromatic rings. The Bertz CT molecular complexity index is 585. The summed E-state index contributed by atoms with van der Waals surface area (Å²) in [5.41, 5.74) is 7.77. The van der Waals surface area contributed by atoms with Crippen LogP contribution >= 0.6 is 0 Å². The first-order chi connectivity index (χ1) is 8.72. The number of nitriles is 1. The second-order valence-electron chi connectivity index (χ2n) is 3.83. The minimum absolute atomic E-state index is 0.318. The number of anilines is 1. The van der Waals surface area contributed by atoms with Gasteiger partial charge < -0.3 is 10.5 Å². The minimum atomic E-state index is 0.318. The van der Waals surface area contributed by atoms with Crippen molar-refractivity contribution in [3.63, 3.8) is 0 Å². The molecule has 0 saturated carbocycles. The number of rotatable bonds is 3. The van der Waals surface area contributed by atoms with Crippen LogP contribution < -0.4 is 10.5 Å². The number of pyridine rings is 1. The van der Waals surface area contributed by atoms with E-state index >= 15 is 0 Å². The van der Waals surface area contributed by atoms with E-state index in [1.165, 1.54) is 11.8 Å². The molecule has 0 unspecified atom stereocenters. The van der Waals surface area contributed by atoms with E-state index in [1.54, 1.807) is 6.07 Å². The summed E-state index contributed by atoms with van der Waals surface area (Å²) in [7, 11) is 0. The normalized spacial score (nSPS) is 9.78. The molecule has 0 aliphatic carbocycles. The van der Waals surface area contributed by atoms with E-state index in [2.05, 4.69) is 11.9 Å². The van der Waals surface area contributed by atoms with Crippen molar-refractivity contribution in [3.05, 3.63) is 47.7 Å². The topological polar surface area (TPSA) is 71.9 Å². The Kier molecular flexibility index (Phi) is 3.44. The lowest BCUT2D eigenvalue weighted by Gasteiger charge is -2.07. The maximum Gasteiger partial charge on any atom is 0.242 e. The third-order valence-corrected chi connectivity index (χ3v) is 2.55. The van der Waals surface area contributed by atoms with Gasteiger partial charge in [-0.15, -0.1) is 0 Å². The molecule has 0 radical (unpaired) electrons. The Morgan fingerprint density at radius 3 is 2.61 bits per heavy atom. The fourth-order valence-corrected chi connectivity index (χ4v) is 1.52. The molecular weight excluding hydrogens is 226 g/mol. The van der Waals surface area contributed by atoms with Crippen LogP contribution in [0.1, 0.15) is 18.1 Å². The van der Waals surface area contributed by atoms with E-state index in [0.29, 0.717) is 22.9 Å². The zero-order valence-electron chi connectivity index (χ0n) is 10.1. The summed E-state index contributed by atoms with van der Waals surface area (Å²) < 4.78 is 5.56. The summed E-state index contributed by atoms with van der Waals surface area (Å²) in [5.74, 6) is 0.995. The van der Waals surface area contributed by atoms with E-state index in [4.69, 9.17) is 15.7 Å². The predicted molar refractivity (Wildman–Crippen MR) is 69.3 cm³/mol. The summed E-state index contributed by atoms with van der Waals surface area (Å²) in [6.07, 6.45) is 2.42. The molecule has 0 aliphatic rings. The van der Waals surface area contributed by atoms with Gasteiger partial charge in [0.05, 0.1) is 11.3 Å². The zero-order valence-corrected chi connectivity index (χ0v) is 10.1. The first-order valence-corrected chi connectivity index (χ1v) is 5.65. The van der Waals surface area contributed by atoms with Crippen molar-refractivity contribution in [1.29, 1.82) is 5.26 Å². The van der Waals surface area contributed by atoms with Crippen LogP contribution in [-0.2, 0) is 6.42 Å². The standard InChI is InChI=1S/C14H13N3O/c1-2-10-3-5-12(6-4-10)18-14-13(16)7-11(8-15)9-17-14/h3-7,9H,2,16H2,1H3. The SMILES string of the molecule is CCc1ccc(Oc2ncc(C#N)cc2N)cc1. The Morgan fingerprint density at radius 2 is 2.06 bits per heavy atom. The molecule has 4 heteroatoms. The van der Waals surface area contributed by atoms with Crippen LogP contribution in [0.15, 0.2) is 36.5 Å². The van der Waals surface area contributed by atoms with E-state index in [0.717, 1.165) is 6.42 Å². The fraction of sp³-hybridized carbons (Fsp3) is 0.143. The van der Waals surface area contributed by atoms with Gasteiger partial charge in [0.25, 0.3) is 0 Å². The molecule has 0 aliphatic heterocycles. The van der Waals surface area contributed by atoms with Crippen LogP contribution in [0.25, 0.3) is 0 Å². The molecule has 1 aromatic carbocycles. The fourth-order valence-electron chi connectivity index (χ4n) is 1.52. The molecule has 1 aromatic heterocycles. The largest absolute Gasteiger partial charge is 0.437 e. The van der Waals surface area contributed by atoms with Gasteiger partial charge in [-0.1, -0.05) is 19.1 Å². The number of benzene rings is 1. The predicted octanol–water partition coefficient (Wildman–Crippen LogP) is 2.89. The number of nitrogens with zero attached hydrogens (tertiary/aromatic N) is 2. The summed E-state index contributed by atoms with van der Waals surface area (Å²) in [6.45, 7) is 2.09. The molecule has 0 saturated heterocycles. The second kappa shape index (κ2) is 5.19. The number of ether oxygens (including phenoxy) is 1. The van der Waals surface area contributed by atoms with Gasteiger partial charge in [-0.2, -0.15) is 5.26 Å². The highest BCUT2D eigenvalue weighted by Crippen LogP contribution is 2.25. The molecule has 90 valence electrons. The van der Waals surface area contributed by atoms with Crippen molar-refractivity contribution < 1.29 is 4.74 Å². The number of nitrogen functional groups attached to an aromatic ring is 1. The smallest absolute Gasteiger partial charge is 0.242 e. The molecule has 0 fully saturated rings. The van der Waals surface area contributed by atoms with E-state index in [9.17, 15) is 0 Å². The van der Waals surface area contributed by atoms with Crippen LogP contribution in [0.3, 0.4) is 0 Å². The van der Waals surface area contributed by atoms with Gasteiger partial charge >= 0.3 is 0 Å². The van der Waals surface area contributed by atoms with Crippen LogP contribution in [0.5, 0.6) is 11.6 Å². The highest BCUT2D eigenvalue weighted by molar-refractivity contribution is 5.53. The molecular formula is C14H13N3O. The first-order valence-electron chi connectivity index (χ1n) is 5.65. The van der Waals surface area contributed by atoms with Crippen LogP contribution in [0.4, 0.5) is 5.69 Å². The van der Waals surface area contributed by atoms with Crippen molar-refractivity contribution in [2.24, 2.45) is 0 Å². The van der Waals surface area contributed by atoms with Crippen LogP contribution in [0.2, 0.25) is 0 Å². The number of aromatic nitrogens is 1. The van der Waals surface area contributed by atoms with Crippen LogP contribution in [0, 0.1) is 11.3 Å². The maximum absolute atomic E-state index is 8.71. The quantitative estimate of drug-likeness (QED) is 0.893. The molecule has 1 heterocycles. The Morgan fingerprint density at radius 1 is 1.33 bits per heavy atom. The molecule has 0 bridgehead atoms. The number of nitrogens with two attached hydrogens (primary N) is 1. The average Bonchev–Trinajstić information content (AvgIpc) is 2.42. The summed E-state index contributed by atoms with van der Waals surface area (Å²) in [4.78, 5) is 4.02. The van der Waals surface area contributed by atoms with Gasteiger partial charge in [-0.3, -0.25) is 0 Å². The molecule has 18 heavy (non-hydrogen) atoms. The first kappa shape index (κ1) is 11.9. The van der Waals surface area contributed by atoms with Crippen molar-refractivity contribution in [1.82, 2.24) is 4.98 Å². The minimum Gasteiger partial charge on any atom is -0.437 e. The Hall–Kier alpha value is -2.54. The Balaban J connectivity index is 2.20. The molecule has 4 nitrogen and oxygen atoms in total. The molecule has 2 N–H and O–H groups in total. The highest BCUT2D eigenvalue weighted by Gasteiger charge is 2.05. The molecule has 2 rings (SSSR count). The lowest BCUT2D eigenvalue weighted by Crippen LogP contribution is -1.96. The number of hydrogen-bond acceptors (Lipinski definition) is 4. The lowest BCUT2D eigenvalue weighted by atomic mass is 10.2. The van der Waals surface area contributed by atoms with Crippen molar-refractivity contribution in [2.45, 2.75) is 13.3 Å². The number of aryl methyl sites for hydroxylation is 1. The third-order valence-electron chi connectivity index (χ3n) is 2.55. The van der Waals surface area contributed by atoms with Gasteiger partial charge in [-0.25, -0.2) is 4.98 Å². The van der Waals surface area contributed by atoms with Gasteiger partial charge in [0, 0.05) is 6.20 Å². The molecule has 0 atom stereocenters. The van der Waals surface area contributed by atoms with E-state index < -0.39 is 0 Å². The maximum atomic E-state index is 8.71. The van der Waals surface area contributed by atoms with Gasteiger partial charge in [0.2, 0.25) is 5.88 Å². The lowest BCUT2D eigenvalue weighted by molar-refractivity contribution is 0.465. The molecule has 0 amide bonds. The Labute approximate surface area is 106 Å². The van der Waals surface area contributed by atoms with E-state index in [-0.39, 0.29) is 0 Å². The molecule has 0 spiro atoms. The zero-order chi connectivity index (χ0) is 13.0. The van der Waals surface area contributed by atoms with Crippen molar-refractivity contribution in [2.75, 3.05) is 5.73 Å². The number of hydrogen-bond donors (Lipinski definition) is 1. The third kappa shape index (κ3) is 2.58. The van der Waals surface area contributed by atoms with Crippen LogP contribution in [-0.4, -0.2) is 4.98 Å². The summed E-state index contributed by atoms with van der Waals surface area (Å²) >= 11 is 0. The van der Waals surface area contributed by atoms with Gasteiger partial charge in [-0.05, 0) is 30.2 Å². The van der Waals surface area contributed by atoms with Crippen molar-refractivity contribution in [3.8, 4) is 17.7 Å². The van der Waals surface area contributed by atoms with Gasteiger partial charge in [0.15, 0.2) is 0 Å². The van der Waals surface area contributed by atoms with Gasteiger partial charge in [0.1, 0.15) is 11.8 Å². The van der Waals surface area contributed by atoms with E-state index in [1.807, 2.05) is 30.3 Å². The van der Waals surface area contributed by atoms with Crippen molar-refractivity contribution >= 4 is 5.69 Å². The second-order valence-corrected chi connectivity index (χ2v) is 3.83. The average molecular weight is 239 g/mol. The highest BCUT2D eigenvalue weighted by atomic mass is 16.5. The summed E-state index contributed by atoms with van der Waals surface area (Å²) in [6, 6.07) is 11.3.